The lowest BCUT2D eigenvalue weighted by atomic mass is 9.86. The third-order valence-corrected chi connectivity index (χ3v) is 5.39. The zero-order valence-electron chi connectivity index (χ0n) is 17.0. The fourth-order valence-electron chi connectivity index (χ4n) is 3.72. The SMILES string of the molecule is C[C@@H]1CCCC[C@H]1NC(=O)NC(=O)COC(=O)CCN1C(=O)COc2ccccc21. The van der Waals surface area contributed by atoms with E-state index < -0.39 is 24.5 Å². The lowest BCUT2D eigenvalue weighted by Gasteiger charge is -2.29. The molecule has 1 aliphatic carbocycles. The highest BCUT2D eigenvalue weighted by atomic mass is 16.5. The summed E-state index contributed by atoms with van der Waals surface area (Å²) in [6.45, 7) is 1.54. The summed E-state index contributed by atoms with van der Waals surface area (Å²) in [5.41, 5.74) is 0.591. The first-order valence-electron chi connectivity index (χ1n) is 10.2. The minimum absolute atomic E-state index is 0.0445. The van der Waals surface area contributed by atoms with E-state index in [0.717, 1.165) is 25.7 Å². The third-order valence-electron chi connectivity index (χ3n) is 5.39. The molecule has 9 nitrogen and oxygen atoms in total. The van der Waals surface area contributed by atoms with Crippen molar-refractivity contribution in [3.05, 3.63) is 24.3 Å². The van der Waals surface area contributed by atoms with Crippen molar-refractivity contribution in [3.8, 4) is 5.75 Å². The number of fused-ring (bicyclic) bond motifs is 1. The Morgan fingerprint density at radius 1 is 1.20 bits per heavy atom. The normalized spacial score (nSPS) is 20.6. The number of hydrogen-bond acceptors (Lipinski definition) is 6. The van der Waals surface area contributed by atoms with Gasteiger partial charge in [0.2, 0.25) is 0 Å². The summed E-state index contributed by atoms with van der Waals surface area (Å²) in [5, 5.41) is 4.98. The highest BCUT2D eigenvalue weighted by Crippen LogP contribution is 2.31. The molecule has 3 rings (SSSR count). The van der Waals surface area contributed by atoms with Gasteiger partial charge in [0.25, 0.3) is 11.8 Å². The summed E-state index contributed by atoms with van der Waals surface area (Å²) in [7, 11) is 0. The molecule has 1 aromatic carbocycles. The van der Waals surface area contributed by atoms with E-state index in [1.807, 2.05) is 0 Å². The van der Waals surface area contributed by atoms with E-state index in [2.05, 4.69) is 17.6 Å². The Morgan fingerprint density at radius 3 is 2.77 bits per heavy atom. The molecule has 2 N–H and O–H groups in total. The molecule has 0 aromatic heterocycles. The van der Waals surface area contributed by atoms with Crippen LogP contribution in [0.4, 0.5) is 10.5 Å². The summed E-state index contributed by atoms with van der Waals surface area (Å²) < 4.78 is 10.3. The Kier molecular flexibility index (Phi) is 7.26. The third kappa shape index (κ3) is 5.71. The number of rotatable bonds is 6. The van der Waals surface area contributed by atoms with Crippen molar-refractivity contribution in [3.63, 3.8) is 0 Å². The maximum Gasteiger partial charge on any atom is 0.321 e. The van der Waals surface area contributed by atoms with E-state index >= 15 is 0 Å². The molecule has 1 aliphatic heterocycles. The Hall–Kier alpha value is -3.10. The zero-order chi connectivity index (χ0) is 21.5. The smallest absolute Gasteiger partial charge is 0.321 e. The fourth-order valence-corrected chi connectivity index (χ4v) is 3.72. The van der Waals surface area contributed by atoms with Gasteiger partial charge < -0.3 is 19.7 Å². The van der Waals surface area contributed by atoms with Crippen LogP contribution in [0.1, 0.15) is 39.0 Å². The number of para-hydroxylation sites is 2. The van der Waals surface area contributed by atoms with Crippen molar-refractivity contribution >= 4 is 29.5 Å². The van der Waals surface area contributed by atoms with E-state index in [0.29, 0.717) is 17.4 Å². The molecule has 2 aliphatic rings. The maximum atomic E-state index is 12.1. The number of carbonyl (C=O) groups excluding carboxylic acids is 4. The van der Waals surface area contributed by atoms with Crippen LogP contribution in [0.2, 0.25) is 0 Å². The summed E-state index contributed by atoms with van der Waals surface area (Å²) in [6.07, 6.45) is 4.06. The monoisotopic (exact) mass is 417 g/mol. The minimum atomic E-state index is -0.697. The van der Waals surface area contributed by atoms with Crippen LogP contribution in [-0.4, -0.2) is 49.6 Å². The van der Waals surface area contributed by atoms with Crippen LogP contribution in [0.3, 0.4) is 0 Å². The van der Waals surface area contributed by atoms with Gasteiger partial charge in [0.05, 0.1) is 12.1 Å². The van der Waals surface area contributed by atoms with E-state index in [-0.39, 0.29) is 31.5 Å². The van der Waals surface area contributed by atoms with Gasteiger partial charge in [0.1, 0.15) is 5.75 Å². The Balaban J connectivity index is 1.39. The molecule has 0 radical (unpaired) electrons. The molecule has 9 heteroatoms. The highest BCUT2D eigenvalue weighted by molar-refractivity contribution is 5.98. The van der Waals surface area contributed by atoms with E-state index in [1.54, 1.807) is 24.3 Å². The number of anilines is 1. The van der Waals surface area contributed by atoms with Gasteiger partial charge in [-0.05, 0) is 30.9 Å². The summed E-state index contributed by atoms with van der Waals surface area (Å²) in [4.78, 5) is 49.4. The van der Waals surface area contributed by atoms with E-state index in [9.17, 15) is 19.2 Å². The second-order valence-corrected chi connectivity index (χ2v) is 7.60. The van der Waals surface area contributed by atoms with Gasteiger partial charge in [-0.1, -0.05) is 31.9 Å². The van der Waals surface area contributed by atoms with Crippen LogP contribution < -0.4 is 20.3 Å². The minimum Gasteiger partial charge on any atom is -0.482 e. The molecule has 1 aromatic rings. The second kappa shape index (κ2) is 10.1. The van der Waals surface area contributed by atoms with Crippen LogP contribution in [-0.2, 0) is 19.1 Å². The largest absolute Gasteiger partial charge is 0.482 e. The van der Waals surface area contributed by atoms with Crippen molar-refractivity contribution in [1.82, 2.24) is 10.6 Å². The number of amides is 4. The number of benzene rings is 1. The van der Waals surface area contributed by atoms with Crippen molar-refractivity contribution in [1.29, 1.82) is 0 Å². The van der Waals surface area contributed by atoms with Crippen molar-refractivity contribution < 1.29 is 28.7 Å². The Morgan fingerprint density at radius 2 is 1.97 bits per heavy atom. The average Bonchev–Trinajstić information content (AvgIpc) is 2.73. The predicted octanol–water partition coefficient (Wildman–Crippen LogP) is 1.75. The molecule has 162 valence electrons. The molecule has 0 spiro atoms. The van der Waals surface area contributed by atoms with Crippen molar-refractivity contribution in [2.24, 2.45) is 5.92 Å². The van der Waals surface area contributed by atoms with Gasteiger partial charge in [0, 0.05) is 12.6 Å². The molecular formula is C21H27N3O6. The molecule has 30 heavy (non-hydrogen) atoms. The molecule has 0 unspecified atom stereocenters. The number of esters is 1. The van der Waals surface area contributed by atoms with Crippen LogP contribution in [0.5, 0.6) is 5.75 Å². The van der Waals surface area contributed by atoms with Crippen LogP contribution in [0.25, 0.3) is 0 Å². The van der Waals surface area contributed by atoms with E-state index in [4.69, 9.17) is 9.47 Å². The standard InChI is InChI=1S/C21H27N3O6/c1-14-6-2-3-7-15(14)22-21(28)23-18(25)12-30-20(27)10-11-24-16-8-4-5-9-17(16)29-13-19(24)26/h4-5,8-9,14-15H,2-3,6-7,10-13H2,1H3,(H2,22,23,25,28)/t14-,15-/m1/s1. The number of nitrogens with one attached hydrogen (secondary N) is 2. The van der Waals surface area contributed by atoms with Crippen molar-refractivity contribution in [2.45, 2.75) is 45.1 Å². The fraction of sp³-hybridized carbons (Fsp3) is 0.524. The highest BCUT2D eigenvalue weighted by Gasteiger charge is 2.26. The first kappa shape index (κ1) is 21.6. The number of imide groups is 1. The number of ether oxygens (including phenoxy) is 2. The van der Waals surface area contributed by atoms with E-state index in [1.165, 1.54) is 4.90 Å². The summed E-state index contributed by atoms with van der Waals surface area (Å²) >= 11 is 0. The van der Waals surface area contributed by atoms with Gasteiger partial charge in [0.15, 0.2) is 13.2 Å². The Labute approximate surface area is 175 Å². The van der Waals surface area contributed by atoms with Gasteiger partial charge in [-0.25, -0.2) is 4.79 Å². The quantitative estimate of drug-likeness (QED) is 0.682. The predicted molar refractivity (Wildman–Crippen MR) is 108 cm³/mol. The van der Waals surface area contributed by atoms with Crippen LogP contribution >= 0.6 is 0 Å². The summed E-state index contributed by atoms with van der Waals surface area (Å²) in [5.74, 6) is -0.651. The molecule has 1 fully saturated rings. The number of carbonyl (C=O) groups is 4. The first-order chi connectivity index (χ1) is 14.4. The number of nitrogens with zero attached hydrogens (tertiary/aromatic N) is 1. The lowest BCUT2D eigenvalue weighted by Crippen LogP contribution is -2.48. The second-order valence-electron chi connectivity index (χ2n) is 7.60. The molecule has 4 amide bonds. The number of hydrogen-bond donors (Lipinski definition) is 2. The topological polar surface area (TPSA) is 114 Å². The summed E-state index contributed by atoms with van der Waals surface area (Å²) in [6, 6.07) is 6.52. The van der Waals surface area contributed by atoms with Crippen molar-refractivity contribution in [2.75, 3.05) is 24.7 Å². The average molecular weight is 417 g/mol. The van der Waals surface area contributed by atoms with Gasteiger partial charge in [-0.2, -0.15) is 0 Å². The molecule has 1 saturated carbocycles. The van der Waals surface area contributed by atoms with Crippen LogP contribution in [0.15, 0.2) is 24.3 Å². The molecule has 2 atom stereocenters. The number of urea groups is 1. The maximum absolute atomic E-state index is 12.1. The molecule has 0 saturated heterocycles. The lowest BCUT2D eigenvalue weighted by molar-refractivity contribution is -0.148. The Bertz CT molecular complexity index is 812. The van der Waals surface area contributed by atoms with Gasteiger partial charge in [-0.3, -0.25) is 19.7 Å². The van der Waals surface area contributed by atoms with Gasteiger partial charge >= 0.3 is 12.0 Å². The van der Waals surface area contributed by atoms with Gasteiger partial charge in [-0.15, -0.1) is 0 Å². The zero-order valence-corrected chi connectivity index (χ0v) is 17.0. The first-order valence-corrected chi connectivity index (χ1v) is 10.2. The molecular weight excluding hydrogens is 390 g/mol. The molecule has 0 bridgehead atoms. The van der Waals surface area contributed by atoms with Crippen LogP contribution in [0, 0.1) is 5.92 Å². The molecule has 1 heterocycles.